The van der Waals surface area contributed by atoms with E-state index >= 15 is 0 Å². The predicted molar refractivity (Wildman–Crippen MR) is 28.8 cm³/mol. The van der Waals surface area contributed by atoms with Gasteiger partial charge in [-0.2, -0.15) is 0 Å². The van der Waals surface area contributed by atoms with Crippen LogP contribution in [-0.2, 0) is 0 Å². The van der Waals surface area contributed by atoms with Crippen LogP contribution in [0.5, 0.6) is 0 Å². The first-order chi connectivity index (χ1) is 1.41. The molecule has 1 radical (unpaired) electrons. The molecule has 0 saturated heterocycles. The molecule has 0 saturated carbocycles. The first-order valence-electron chi connectivity index (χ1n) is 1.00. The summed E-state index contributed by atoms with van der Waals surface area (Å²) < 4.78 is 3.03. The number of nitrogens with one attached hydrogen (secondary N) is 1. The van der Waals surface area contributed by atoms with Crippen molar-refractivity contribution in [2.75, 3.05) is 0 Å². The summed E-state index contributed by atoms with van der Waals surface area (Å²) in [5, 5.41) is 0. The van der Waals surface area contributed by atoms with E-state index in [0.29, 0.717) is 0 Å². The van der Waals surface area contributed by atoms with Crippen LogP contribution in [0.2, 0.25) is 0 Å². The topological polar surface area (TPSA) is 12.0 Å². The van der Waals surface area contributed by atoms with Crippen molar-refractivity contribution in [3.63, 3.8) is 0 Å². The Balaban J connectivity index is 0. The Morgan fingerprint density at radius 2 is 1.25 bits per heavy atom. The Bertz CT molecular complexity index is 6.00. The van der Waals surface area contributed by atoms with Crippen LogP contribution in [0.4, 0.5) is 0 Å². The van der Waals surface area contributed by atoms with Crippen molar-refractivity contribution in [2.24, 2.45) is 0 Å². The predicted octanol–water partition coefficient (Wildman–Crippen LogP) is -3.24. The maximum absolute atomic E-state index is 3.03. The average Bonchev–Trinajstić information content (AvgIpc) is 0.918. The van der Waals surface area contributed by atoms with Crippen molar-refractivity contribution < 1.29 is 0 Å². The van der Waals surface area contributed by atoms with Crippen LogP contribution in [0.15, 0.2) is 0 Å². The molecule has 0 fully saturated rings. The molecule has 0 bridgehead atoms. The summed E-state index contributed by atoms with van der Waals surface area (Å²) in [6.45, 7) is 0. The van der Waals surface area contributed by atoms with E-state index in [1.807, 2.05) is 0 Å². The average molecular weight is 116 g/mol. The van der Waals surface area contributed by atoms with Crippen molar-refractivity contribution in [1.29, 1.82) is 0 Å². The first kappa shape index (κ1) is 9.39. The Kier molecular flexibility index (Phi) is 20.9. The van der Waals surface area contributed by atoms with Crippen LogP contribution >= 0.6 is 0 Å². The zero-order valence-corrected chi connectivity index (χ0v) is 10.6. The number of rotatable bonds is 0. The third-order valence-electron chi connectivity index (χ3n) is 0. The molecule has 0 unspecified atom stereocenters. The molecule has 0 aromatic rings. The minimum atomic E-state index is 0. The minimum absolute atomic E-state index is 0. The fraction of sp³-hybridized carbons (Fsp3) is 0. The molecule has 0 heterocycles. The third-order valence-corrected chi connectivity index (χ3v) is 0. The van der Waals surface area contributed by atoms with Gasteiger partial charge in [0, 0.05) is 51.4 Å². The van der Waals surface area contributed by atoms with Crippen LogP contribution in [0.1, 0.15) is 0 Å². The van der Waals surface area contributed by atoms with Crippen molar-refractivity contribution >= 4 is 72.2 Å². The third kappa shape index (κ3) is 8.98. The molecule has 0 amide bonds. The van der Waals surface area contributed by atoms with Gasteiger partial charge in [0.05, 0.1) is 20.8 Å². The van der Waals surface area contributed by atoms with E-state index in [0.717, 1.165) is 0 Å². The van der Waals surface area contributed by atoms with E-state index < -0.39 is 0 Å². The second-order valence-electron chi connectivity index (χ2n) is 0.500. The van der Waals surface area contributed by atoms with Gasteiger partial charge in [0.2, 0.25) is 0 Å². The van der Waals surface area contributed by atoms with Gasteiger partial charge in [-0.1, -0.05) is 0 Å². The van der Waals surface area contributed by atoms with Gasteiger partial charge in [-0.25, -0.2) is 0 Å². The molecule has 0 rings (SSSR count). The van der Waals surface area contributed by atoms with Gasteiger partial charge < -0.3 is 4.65 Å². The second-order valence-corrected chi connectivity index (χ2v) is 4.50. The van der Waals surface area contributed by atoms with Crippen LogP contribution in [0.25, 0.3) is 0 Å². The molecule has 0 aliphatic carbocycles. The monoisotopic (exact) mass is 116 g/mol. The van der Waals surface area contributed by atoms with Crippen LogP contribution in [0, 0.1) is 0 Å². The Labute approximate surface area is 75.3 Å². The maximum atomic E-state index is 3.03. The summed E-state index contributed by atoms with van der Waals surface area (Å²) in [5.41, 5.74) is 0. The first-order valence-corrected chi connectivity index (χ1v) is 3.00. The molecular weight excluding hydrogens is 109 g/mol. The van der Waals surface area contributed by atoms with Crippen LogP contribution < -0.4 is 4.65 Å². The van der Waals surface area contributed by atoms with Crippen molar-refractivity contribution in [1.82, 2.24) is 4.65 Å². The van der Waals surface area contributed by atoms with E-state index in [4.69, 9.17) is 0 Å². The standard InChI is InChI=1S/K.H7NSi2/c;2-1-3/h;1H,2-3H3. The SMILES string of the molecule is [K].[SiH3]N[SiH3]. The molecule has 0 atom stereocenters. The molecule has 0 aromatic carbocycles. The Morgan fingerprint density at radius 3 is 1.25 bits per heavy atom. The molecule has 1 N–H and O–H groups in total. The number of hydrogen-bond acceptors (Lipinski definition) is 1. The van der Waals surface area contributed by atoms with Gasteiger partial charge in [0.15, 0.2) is 0 Å². The van der Waals surface area contributed by atoms with Crippen molar-refractivity contribution in [3.05, 3.63) is 0 Å². The van der Waals surface area contributed by atoms with Crippen molar-refractivity contribution in [2.45, 2.75) is 0 Å². The van der Waals surface area contributed by atoms with Gasteiger partial charge in [-0.05, 0) is 0 Å². The molecular formula is H7KNSi2. The van der Waals surface area contributed by atoms with Crippen LogP contribution in [0.3, 0.4) is 0 Å². The quantitative estimate of drug-likeness (QED) is 0.328. The van der Waals surface area contributed by atoms with E-state index in [1.165, 1.54) is 20.8 Å². The minimum Gasteiger partial charge on any atom is -0.374 e. The summed E-state index contributed by atoms with van der Waals surface area (Å²) in [6, 6.07) is 0. The van der Waals surface area contributed by atoms with Crippen molar-refractivity contribution in [3.8, 4) is 0 Å². The van der Waals surface area contributed by atoms with Crippen LogP contribution in [-0.4, -0.2) is 72.2 Å². The summed E-state index contributed by atoms with van der Waals surface area (Å²) in [5.74, 6) is 0. The molecule has 0 spiro atoms. The summed E-state index contributed by atoms with van der Waals surface area (Å²) in [7, 11) is 2.36. The Hall–Kier alpha value is 2.03. The summed E-state index contributed by atoms with van der Waals surface area (Å²) in [6.07, 6.45) is 0. The van der Waals surface area contributed by atoms with Gasteiger partial charge in [0.25, 0.3) is 0 Å². The number of hydrogen-bond donors (Lipinski definition) is 1. The van der Waals surface area contributed by atoms with E-state index in [2.05, 4.69) is 4.65 Å². The molecule has 1 nitrogen and oxygen atoms in total. The van der Waals surface area contributed by atoms with Gasteiger partial charge in [-0.3, -0.25) is 0 Å². The fourth-order valence-corrected chi connectivity index (χ4v) is 0. The van der Waals surface area contributed by atoms with E-state index in [1.54, 1.807) is 0 Å². The molecule has 4 heteroatoms. The summed E-state index contributed by atoms with van der Waals surface area (Å²) >= 11 is 0. The molecule has 0 aliphatic rings. The normalized spacial score (nSPS) is 6.00. The molecule has 0 aromatic heterocycles. The second kappa shape index (κ2) is 8.90. The Morgan fingerprint density at radius 1 is 1.25 bits per heavy atom. The maximum Gasteiger partial charge on any atom is 0.0670 e. The zero-order chi connectivity index (χ0) is 2.71. The van der Waals surface area contributed by atoms with Gasteiger partial charge >= 0.3 is 0 Å². The van der Waals surface area contributed by atoms with E-state index in [9.17, 15) is 0 Å². The fourth-order valence-electron chi connectivity index (χ4n) is 0. The largest absolute Gasteiger partial charge is 0.374 e. The molecule has 4 heavy (non-hydrogen) atoms. The molecule has 21 valence electrons. The smallest absolute Gasteiger partial charge is 0.0670 e. The zero-order valence-electron chi connectivity index (χ0n) is 3.50. The van der Waals surface area contributed by atoms with E-state index in [-0.39, 0.29) is 51.4 Å². The van der Waals surface area contributed by atoms with Gasteiger partial charge in [0.1, 0.15) is 0 Å². The molecule has 0 aliphatic heterocycles. The van der Waals surface area contributed by atoms with Gasteiger partial charge in [-0.15, -0.1) is 0 Å². The summed E-state index contributed by atoms with van der Waals surface area (Å²) in [4.78, 5) is 0.